The molecule has 120 valence electrons. The van der Waals surface area contributed by atoms with E-state index >= 15 is 0 Å². The lowest BCUT2D eigenvalue weighted by atomic mass is 10.2. The van der Waals surface area contributed by atoms with Gasteiger partial charge in [-0.1, -0.05) is 23.7 Å². The minimum atomic E-state index is -1.08. The van der Waals surface area contributed by atoms with E-state index in [1.165, 1.54) is 19.1 Å². The first-order valence-corrected chi connectivity index (χ1v) is 7.77. The molecule has 0 saturated heterocycles. The first-order chi connectivity index (χ1) is 10.9. The van der Waals surface area contributed by atoms with Gasteiger partial charge in [0.1, 0.15) is 5.82 Å². The van der Waals surface area contributed by atoms with Crippen molar-refractivity contribution in [2.45, 2.75) is 13.0 Å². The Morgan fingerprint density at radius 2 is 1.96 bits per heavy atom. The summed E-state index contributed by atoms with van der Waals surface area (Å²) in [5.41, 5.74) is 0.413. The number of anilines is 1. The van der Waals surface area contributed by atoms with Gasteiger partial charge in [0.05, 0.1) is 16.3 Å². The SMILES string of the molecule is C[C@H](OC(=O)c1cc(F)ccc1Br)C(=O)Nc1ccccc1Cl. The molecule has 0 aliphatic heterocycles. The van der Waals surface area contributed by atoms with Crippen molar-refractivity contribution in [1.29, 1.82) is 0 Å². The lowest BCUT2D eigenvalue weighted by Gasteiger charge is -2.14. The number of hydrogen-bond donors (Lipinski definition) is 1. The maximum absolute atomic E-state index is 13.2. The summed E-state index contributed by atoms with van der Waals surface area (Å²) in [4.78, 5) is 24.1. The van der Waals surface area contributed by atoms with Crippen molar-refractivity contribution in [3.05, 3.63) is 63.3 Å². The third kappa shape index (κ3) is 4.53. The van der Waals surface area contributed by atoms with Crippen LogP contribution in [-0.4, -0.2) is 18.0 Å². The minimum absolute atomic E-state index is 0.00222. The molecule has 0 fully saturated rings. The second-order valence-corrected chi connectivity index (χ2v) is 5.90. The third-order valence-corrected chi connectivity index (χ3v) is 3.95. The van der Waals surface area contributed by atoms with Crippen molar-refractivity contribution in [1.82, 2.24) is 0 Å². The molecule has 4 nitrogen and oxygen atoms in total. The Bertz CT molecular complexity index is 754. The Hall–Kier alpha value is -1.92. The molecule has 23 heavy (non-hydrogen) atoms. The summed E-state index contributed by atoms with van der Waals surface area (Å²) in [6.45, 7) is 1.41. The molecule has 0 spiro atoms. The Balaban J connectivity index is 2.05. The van der Waals surface area contributed by atoms with Crippen LogP contribution in [0.2, 0.25) is 5.02 Å². The van der Waals surface area contributed by atoms with Crippen LogP contribution in [0.1, 0.15) is 17.3 Å². The molecule has 1 amide bonds. The van der Waals surface area contributed by atoms with Crippen LogP contribution in [0.15, 0.2) is 46.9 Å². The van der Waals surface area contributed by atoms with Crippen molar-refractivity contribution in [2.75, 3.05) is 5.32 Å². The predicted octanol–water partition coefficient (Wildman–Crippen LogP) is 4.43. The van der Waals surface area contributed by atoms with E-state index in [-0.39, 0.29) is 5.56 Å². The van der Waals surface area contributed by atoms with Crippen molar-refractivity contribution in [2.24, 2.45) is 0 Å². The van der Waals surface area contributed by atoms with Gasteiger partial charge in [0.15, 0.2) is 6.10 Å². The summed E-state index contributed by atoms with van der Waals surface area (Å²) in [5.74, 6) is -1.93. The highest BCUT2D eigenvalue weighted by Gasteiger charge is 2.21. The molecule has 2 aromatic rings. The van der Waals surface area contributed by atoms with Crippen molar-refractivity contribution in [3.63, 3.8) is 0 Å². The average Bonchev–Trinajstić information content (AvgIpc) is 2.51. The van der Waals surface area contributed by atoms with Gasteiger partial charge in [-0.2, -0.15) is 0 Å². The van der Waals surface area contributed by atoms with E-state index in [0.29, 0.717) is 15.2 Å². The second kappa shape index (κ2) is 7.57. The van der Waals surface area contributed by atoms with Gasteiger partial charge in [0.25, 0.3) is 5.91 Å². The third-order valence-electron chi connectivity index (χ3n) is 2.93. The van der Waals surface area contributed by atoms with E-state index in [1.807, 2.05) is 0 Å². The second-order valence-electron chi connectivity index (χ2n) is 4.64. The number of esters is 1. The highest BCUT2D eigenvalue weighted by atomic mass is 79.9. The quantitative estimate of drug-likeness (QED) is 0.773. The van der Waals surface area contributed by atoms with Crippen LogP contribution in [-0.2, 0) is 9.53 Å². The monoisotopic (exact) mass is 399 g/mol. The summed E-state index contributed by atoms with van der Waals surface area (Å²) < 4.78 is 18.6. The molecule has 2 rings (SSSR count). The Labute approximate surface area is 145 Å². The van der Waals surface area contributed by atoms with Gasteiger partial charge in [-0.25, -0.2) is 9.18 Å². The number of rotatable bonds is 4. The molecule has 1 atom stereocenters. The molecule has 0 saturated carbocycles. The number of amides is 1. The number of para-hydroxylation sites is 1. The molecule has 0 radical (unpaired) electrons. The van der Waals surface area contributed by atoms with Crippen LogP contribution in [0.4, 0.5) is 10.1 Å². The van der Waals surface area contributed by atoms with Crippen LogP contribution in [0, 0.1) is 5.82 Å². The Morgan fingerprint density at radius 1 is 1.26 bits per heavy atom. The van der Waals surface area contributed by atoms with Crippen molar-refractivity contribution >= 4 is 45.1 Å². The van der Waals surface area contributed by atoms with Gasteiger partial charge in [0, 0.05) is 4.47 Å². The topological polar surface area (TPSA) is 55.4 Å². The van der Waals surface area contributed by atoms with E-state index in [2.05, 4.69) is 21.2 Å². The molecule has 0 unspecified atom stereocenters. The van der Waals surface area contributed by atoms with Crippen molar-refractivity contribution < 1.29 is 18.7 Å². The number of nitrogens with one attached hydrogen (secondary N) is 1. The largest absolute Gasteiger partial charge is 0.449 e. The van der Waals surface area contributed by atoms with Gasteiger partial charge < -0.3 is 10.1 Å². The molecule has 2 aromatic carbocycles. The summed E-state index contributed by atoms with van der Waals surface area (Å²) >= 11 is 9.08. The summed E-state index contributed by atoms with van der Waals surface area (Å²) in [5, 5.41) is 2.93. The zero-order valence-electron chi connectivity index (χ0n) is 12.0. The highest BCUT2D eigenvalue weighted by Crippen LogP contribution is 2.22. The number of carbonyl (C=O) groups is 2. The Kier molecular flexibility index (Phi) is 5.74. The zero-order chi connectivity index (χ0) is 17.0. The van der Waals surface area contributed by atoms with E-state index in [0.717, 1.165) is 6.07 Å². The predicted molar refractivity (Wildman–Crippen MR) is 89.1 cm³/mol. The fraction of sp³-hybridized carbons (Fsp3) is 0.125. The maximum Gasteiger partial charge on any atom is 0.340 e. The van der Waals surface area contributed by atoms with E-state index < -0.39 is 23.8 Å². The molecular weight excluding hydrogens is 389 g/mol. The van der Waals surface area contributed by atoms with Crippen LogP contribution >= 0.6 is 27.5 Å². The lowest BCUT2D eigenvalue weighted by molar-refractivity contribution is -0.123. The highest BCUT2D eigenvalue weighted by molar-refractivity contribution is 9.10. The molecule has 0 heterocycles. The van der Waals surface area contributed by atoms with Gasteiger partial charge >= 0.3 is 5.97 Å². The molecule has 1 N–H and O–H groups in total. The smallest absolute Gasteiger partial charge is 0.340 e. The fourth-order valence-corrected chi connectivity index (χ4v) is 2.32. The van der Waals surface area contributed by atoms with Gasteiger partial charge in [0.2, 0.25) is 0 Å². The number of ether oxygens (including phenoxy) is 1. The first kappa shape index (κ1) is 17.4. The van der Waals surface area contributed by atoms with Crippen LogP contribution in [0.3, 0.4) is 0 Å². The summed E-state index contributed by atoms with van der Waals surface area (Å²) in [6.07, 6.45) is -1.08. The number of halogens is 3. The van der Waals surface area contributed by atoms with Crippen molar-refractivity contribution in [3.8, 4) is 0 Å². The number of hydrogen-bond acceptors (Lipinski definition) is 3. The van der Waals surface area contributed by atoms with Crippen LogP contribution < -0.4 is 5.32 Å². The van der Waals surface area contributed by atoms with E-state index in [4.69, 9.17) is 16.3 Å². The molecule has 0 aliphatic rings. The van der Waals surface area contributed by atoms with Crippen LogP contribution in [0.5, 0.6) is 0 Å². The molecule has 0 aromatic heterocycles. The number of carbonyl (C=O) groups excluding carboxylic acids is 2. The van der Waals surface area contributed by atoms with Gasteiger partial charge in [-0.15, -0.1) is 0 Å². The van der Waals surface area contributed by atoms with Crippen LogP contribution in [0.25, 0.3) is 0 Å². The zero-order valence-corrected chi connectivity index (χ0v) is 14.3. The standard InChI is InChI=1S/C16H12BrClFNO3/c1-9(15(21)20-14-5-3-2-4-13(14)18)23-16(22)11-8-10(19)6-7-12(11)17/h2-9H,1H3,(H,20,21)/t9-/m0/s1. The maximum atomic E-state index is 13.2. The lowest BCUT2D eigenvalue weighted by Crippen LogP contribution is -2.30. The van der Waals surface area contributed by atoms with Gasteiger partial charge in [-0.05, 0) is 53.2 Å². The summed E-state index contributed by atoms with van der Waals surface area (Å²) in [7, 11) is 0. The number of benzene rings is 2. The normalized spacial score (nSPS) is 11.7. The first-order valence-electron chi connectivity index (χ1n) is 6.60. The summed E-state index contributed by atoms with van der Waals surface area (Å²) in [6, 6.07) is 10.3. The molecule has 0 aliphatic carbocycles. The van der Waals surface area contributed by atoms with Gasteiger partial charge in [-0.3, -0.25) is 4.79 Å². The molecule has 7 heteroatoms. The fourth-order valence-electron chi connectivity index (χ4n) is 1.73. The Morgan fingerprint density at radius 3 is 2.65 bits per heavy atom. The molecule has 0 bridgehead atoms. The van der Waals surface area contributed by atoms with E-state index in [1.54, 1.807) is 24.3 Å². The van der Waals surface area contributed by atoms with E-state index in [9.17, 15) is 14.0 Å². The average molecular weight is 401 g/mol. The minimum Gasteiger partial charge on any atom is -0.449 e. The molecular formula is C16H12BrClFNO3.